The van der Waals surface area contributed by atoms with Crippen LogP contribution in [0.2, 0.25) is 0 Å². The van der Waals surface area contributed by atoms with Crippen molar-refractivity contribution in [3.05, 3.63) is 205 Å². The van der Waals surface area contributed by atoms with Gasteiger partial charge in [0.25, 0.3) is 0 Å². The molecule has 1 aliphatic rings. The Morgan fingerprint density at radius 3 is 1.44 bits per heavy atom. The van der Waals surface area contributed by atoms with E-state index in [0.29, 0.717) is 0 Å². The minimum absolute atomic E-state index is 1.24. The van der Waals surface area contributed by atoms with Gasteiger partial charge in [-0.15, -0.1) is 11.3 Å². The topological polar surface area (TPSA) is 0 Å². The zero-order valence-corrected chi connectivity index (χ0v) is 35.7. The average Bonchev–Trinajstić information content (AvgIpc) is 3.87. The number of rotatable bonds is 4. The van der Waals surface area contributed by atoms with Gasteiger partial charge in [-0.25, -0.2) is 0 Å². The second-order valence-corrected chi connectivity index (χ2v) is 18.7. The standard InChI is InChI=1S/C62H38S/c1-35-17-21-39(22-18-35)57-48-12-3-4-13-49(48)58(40-23-19-36(2)20-24-40)61-51-30-29-45(47-14-8-15-50(59(47)51)60(57)61)52-33-44(34-53-46-11-5-6-16-54(46)63-62(52)53)43-31-41-27-25-37-9-7-10-38-26-28-42(32-43)56(41)55(37)38/h3-34H,1-2H3. The van der Waals surface area contributed by atoms with Crippen molar-refractivity contribution in [1.29, 1.82) is 0 Å². The summed E-state index contributed by atoms with van der Waals surface area (Å²) in [5, 5.41) is 15.7. The van der Waals surface area contributed by atoms with E-state index >= 15 is 0 Å². The molecule has 0 nitrogen and oxygen atoms in total. The summed E-state index contributed by atoms with van der Waals surface area (Å²) in [6.07, 6.45) is 0. The van der Waals surface area contributed by atoms with Crippen LogP contribution >= 0.6 is 11.3 Å². The Hall–Kier alpha value is -7.58. The Balaban J connectivity index is 1.07. The second kappa shape index (κ2) is 13.0. The molecule has 0 spiro atoms. The van der Waals surface area contributed by atoms with Crippen LogP contribution in [0.4, 0.5) is 0 Å². The highest BCUT2D eigenvalue weighted by Crippen LogP contribution is 2.59. The van der Waals surface area contributed by atoms with Gasteiger partial charge in [0.2, 0.25) is 0 Å². The van der Waals surface area contributed by atoms with Crippen molar-refractivity contribution in [3.8, 4) is 66.8 Å². The Kier molecular flexibility index (Phi) is 7.22. The maximum atomic E-state index is 2.49. The van der Waals surface area contributed by atoms with Gasteiger partial charge in [0.15, 0.2) is 0 Å². The molecule has 12 aromatic carbocycles. The van der Waals surface area contributed by atoms with E-state index in [1.54, 1.807) is 0 Å². The molecule has 292 valence electrons. The third-order valence-electron chi connectivity index (χ3n) is 14.0. The van der Waals surface area contributed by atoms with Crippen LogP contribution in [0.15, 0.2) is 194 Å². The molecule has 0 fully saturated rings. The van der Waals surface area contributed by atoms with Gasteiger partial charge in [0.1, 0.15) is 0 Å². The number of fused-ring (bicyclic) bond motifs is 7. The van der Waals surface area contributed by atoms with Crippen molar-refractivity contribution >= 4 is 85.4 Å². The molecule has 63 heavy (non-hydrogen) atoms. The van der Waals surface area contributed by atoms with Gasteiger partial charge >= 0.3 is 0 Å². The molecule has 0 saturated carbocycles. The van der Waals surface area contributed by atoms with Crippen LogP contribution in [0.5, 0.6) is 0 Å². The Labute approximate surface area is 369 Å². The molecular formula is C62H38S. The minimum atomic E-state index is 1.24. The van der Waals surface area contributed by atoms with Crippen LogP contribution < -0.4 is 0 Å². The molecule has 0 saturated heterocycles. The molecule has 0 bridgehead atoms. The van der Waals surface area contributed by atoms with Crippen LogP contribution in [-0.2, 0) is 0 Å². The summed E-state index contributed by atoms with van der Waals surface area (Å²) in [5.41, 5.74) is 18.0. The van der Waals surface area contributed by atoms with Crippen molar-refractivity contribution in [1.82, 2.24) is 0 Å². The number of thiophene rings is 1. The van der Waals surface area contributed by atoms with Gasteiger partial charge in [0, 0.05) is 25.7 Å². The summed E-state index contributed by atoms with van der Waals surface area (Å²) in [5.74, 6) is 0. The monoisotopic (exact) mass is 814 g/mol. The zero-order valence-electron chi connectivity index (χ0n) is 34.9. The summed E-state index contributed by atoms with van der Waals surface area (Å²) in [4.78, 5) is 0. The van der Waals surface area contributed by atoms with E-state index in [4.69, 9.17) is 0 Å². The van der Waals surface area contributed by atoms with E-state index in [2.05, 4.69) is 208 Å². The molecule has 0 radical (unpaired) electrons. The molecule has 0 N–H and O–H groups in total. The van der Waals surface area contributed by atoms with Gasteiger partial charge in [0.05, 0.1) is 0 Å². The molecule has 0 unspecified atom stereocenters. The normalized spacial score (nSPS) is 12.3. The SMILES string of the molecule is Cc1ccc(-c2c3c(c(-c4ccc(C)cc4)c4ccccc24)-c2ccc(-c4cc(-c5cc6ccc7cccc8ccc(c5)c6c78)cc5c4sc4ccccc45)c4cccc-3c24)cc1. The molecular weight excluding hydrogens is 777 g/mol. The van der Waals surface area contributed by atoms with Gasteiger partial charge in [-0.2, -0.15) is 0 Å². The lowest BCUT2D eigenvalue weighted by Crippen LogP contribution is -1.93. The second-order valence-electron chi connectivity index (χ2n) is 17.7. The van der Waals surface area contributed by atoms with E-state index in [9.17, 15) is 0 Å². The number of benzene rings is 12. The molecule has 0 aliphatic heterocycles. The summed E-state index contributed by atoms with van der Waals surface area (Å²) >= 11 is 1.92. The number of hydrogen-bond donors (Lipinski definition) is 0. The van der Waals surface area contributed by atoms with Crippen molar-refractivity contribution in [2.24, 2.45) is 0 Å². The van der Waals surface area contributed by atoms with E-state index in [-0.39, 0.29) is 0 Å². The predicted octanol–water partition coefficient (Wildman–Crippen LogP) is 18.2. The molecule has 14 rings (SSSR count). The third-order valence-corrected chi connectivity index (χ3v) is 15.3. The smallest absolute Gasteiger partial charge is 0.0434 e. The summed E-state index contributed by atoms with van der Waals surface area (Å²) < 4.78 is 2.65. The summed E-state index contributed by atoms with van der Waals surface area (Å²) in [6.45, 7) is 4.36. The highest BCUT2D eigenvalue weighted by Gasteiger charge is 2.31. The molecule has 1 aromatic heterocycles. The first-order chi connectivity index (χ1) is 31.1. The Morgan fingerprint density at radius 2 is 0.794 bits per heavy atom. The lowest BCUT2D eigenvalue weighted by atomic mass is 9.82. The van der Waals surface area contributed by atoms with E-state index in [1.807, 2.05) is 11.3 Å². The molecule has 1 heteroatoms. The van der Waals surface area contributed by atoms with Crippen molar-refractivity contribution in [3.63, 3.8) is 0 Å². The summed E-state index contributed by atoms with van der Waals surface area (Å²) in [6, 6.07) is 73.9. The van der Waals surface area contributed by atoms with Crippen molar-refractivity contribution in [2.45, 2.75) is 13.8 Å². The number of hydrogen-bond acceptors (Lipinski definition) is 1. The third kappa shape index (κ3) is 4.97. The molecule has 13 aromatic rings. The lowest BCUT2D eigenvalue weighted by Gasteiger charge is -2.20. The van der Waals surface area contributed by atoms with E-state index < -0.39 is 0 Å². The molecule has 0 atom stereocenters. The first-order valence-corrected chi connectivity index (χ1v) is 22.8. The maximum Gasteiger partial charge on any atom is 0.0434 e. The maximum absolute atomic E-state index is 2.49. The van der Waals surface area contributed by atoms with Crippen molar-refractivity contribution in [2.75, 3.05) is 0 Å². The zero-order chi connectivity index (χ0) is 41.5. The highest BCUT2D eigenvalue weighted by atomic mass is 32.1. The number of aryl methyl sites for hydroxylation is 2. The largest absolute Gasteiger partial charge is 0.135 e. The van der Waals surface area contributed by atoms with Crippen LogP contribution in [0.3, 0.4) is 0 Å². The van der Waals surface area contributed by atoms with E-state index in [1.165, 1.54) is 152 Å². The fraction of sp³-hybridized carbons (Fsp3) is 0.0323. The predicted molar refractivity (Wildman–Crippen MR) is 274 cm³/mol. The van der Waals surface area contributed by atoms with Crippen LogP contribution in [0.1, 0.15) is 11.1 Å². The fourth-order valence-corrected chi connectivity index (χ4v) is 12.4. The Bertz CT molecular complexity index is 3910. The molecule has 1 heterocycles. The van der Waals surface area contributed by atoms with Gasteiger partial charge < -0.3 is 0 Å². The first-order valence-electron chi connectivity index (χ1n) is 22.0. The average molecular weight is 815 g/mol. The lowest BCUT2D eigenvalue weighted by molar-refractivity contribution is 1.47. The van der Waals surface area contributed by atoms with Gasteiger partial charge in [-0.1, -0.05) is 175 Å². The molecule has 0 amide bonds. The molecule has 1 aliphatic carbocycles. The van der Waals surface area contributed by atoms with Gasteiger partial charge in [-0.05, 0) is 159 Å². The summed E-state index contributed by atoms with van der Waals surface area (Å²) in [7, 11) is 0. The van der Waals surface area contributed by atoms with Gasteiger partial charge in [-0.3, -0.25) is 0 Å². The fourth-order valence-electron chi connectivity index (χ4n) is 11.2. The van der Waals surface area contributed by atoms with Crippen LogP contribution in [0, 0.1) is 13.8 Å². The minimum Gasteiger partial charge on any atom is -0.135 e. The van der Waals surface area contributed by atoms with E-state index in [0.717, 1.165) is 0 Å². The Morgan fingerprint density at radius 1 is 0.286 bits per heavy atom. The first kappa shape index (κ1) is 35.1. The highest BCUT2D eigenvalue weighted by molar-refractivity contribution is 7.26. The van der Waals surface area contributed by atoms with Crippen LogP contribution in [0.25, 0.3) is 141 Å². The quantitative estimate of drug-likeness (QED) is 0.155. The van der Waals surface area contributed by atoms with Crippen LogP contribution in [-0.4, -0.2) is 0 Å². The van der Waals surface area contributed by atoms with Crippen molar-refractivity contribution < 1.29 is 0 Å².